The minimum absolute atomic E-state index is 0.00494. The van der Waals surface area contributed by atoms with Gasteiger partial charge >= 0.3 is 0 Å². The number of hydrogen-bond donors (Lipinski definition) is 2. The Hall–Kier alpha value is -3.00. The highest BCUT2D eigenvalue weighted by atomic mass is 32.1. The zero-order valence-electron chi connectivity index (χ0n) is 18.6. The Balaban J connectivity index is 1.49. The molecule has 0 aliphatic carbocycles. The van der Waals surface area contributed by atoms with Gasteiger partial charge in [0.15, 0.2) is 16.6 Å². The predicted molar refractivity (Wildman–Crippen MR) is 126 cm³/mol. The first-order valence-electron chi connectivity index (χ1n) is 10.8. The summed E-state index contributed by atoms with van der Waals surface area (Å²) in [5.74, 6) is 2.00. The molecule has 8 heteroatoms. The van der Waals surface area contributed by atoms with Crippen molar-refractivity contribution in [3.8, 4) is 17.2 Å². The molecule has 2 atom stereocenters. The van der Waals surface area contributed by atoms with Gasteiger partial charge in [0.25, 0.3) is 0 Å². The van der Waals surface area contributed by atoms with Crippen LogP contribution >= 0.6 is 12.2 Å². The molecule has 0 saturated carbocycles. The Morgan fingerprint density at radius 1 is 1.19 bits per heavy atom. The zero-order chi connectivity index (χ0) is 22.7. The number of carbonyl (C=O) groups is 1. The van der Waals surface area contributed by atoms with Crippen LogP contribution in [0.25, 0.3) is 0 Å². The minimum Gasteiger partial charge on any atom is -0.497 e. The molecule has 2 aliphatic heterocycles. The maximum Gasteiger partial charge on any atom is 0.231 e. The number of methoxy groups -OCH3 is 1. The average Bonchev–Trinajstić information content (AvgIpc) is 3.44. The fraction of sp³-hybridized carbons (Fsp3) is 0.417. The van der Waals surface area contributed by atoms with Crippen molar-refractivity contribution < 1.29 is 19.0 Å². The lowest BCUT2D eigenvalue weighted by Crippen LogP contribution is -2.42. The molecular weight excluding hydrogens is 426 g/mol. The summed E-state index contributed by atoms with van der Waals surface area (Å²) < 4.78 is 16.2. The summed E-state index contributed by atoms with van der Waals surface area (Å²) in [5, 5.41) is 7.08. The molecule has 0 spiro atoms. The third-order valence-electron chi connectivity index (χ3n) is 5.78. The Morgan fingerprint density at radius 3 is 2.78 bits per heavy atom. The molecular formula is C24H29N3O4S. The molecule has 2 heterocycles. The number of likely N-dealkylation sites (tertiary alicyclic amines) is 1. The quantitative estimate of drug-likeness (QED) is 0.649. The zero-order valence-corrected chi connectivity index (χ0v) is 19.4. The molecule has 32 heavy (non-hydrogen) atoms. The number of amides is 1. The van der Waals surface area contributed by atoms with Crippen molar-refractivity contribution >= 4 is 23.2 Å². The second-order valence-corrected chi connectivity index (χ2v) is 8.79. The number of benzene rings is 2. The van der Waals surface area contributed by atoms with E-state index in [9.17, 15) is 4.79 Å². The molecule has 0 bridgehead atoms. The molecule has 1 saturated heterocycles. The van der Waals surface area contributed by atoms with E-state index in [1.807, 2.05) is 42.5 Å². The molecule has 170 valence electrons. The van der Waals surface area contributed by atoms with Crippen LogP contribution in [0.5, 0.6) is 17.2 Å². The van der Waals surface area contributed by atoms with Gasteiger partial charge in [-0.15, -0.1) is 0 Å². The van der Waals surface area contributed by atoms with Crippen LogP contribution in [0.1, 0.15) is 30.9 Å². The van der Waals surface area contributed by atoms with E-state index < -0.39 is 0 Å². The summed E-state index contributed by atoms with van der Waals surface area (Å²) >= 11 is 5.60. The van der Waals surface area contributed by atoms with Gasteiger partial charge < -0.3 is 29.7 Å². The number of thiocarbonyl (C=S) groups is 1. The van der Waals surface area contributed by atoms with Crippen LogP contribution in [0.15, 0.2) is 42.5 Å². The summed E-state index contributed by atoms with van der Waals surface area (Å²) in [6, 6.07) is 13.9. The van der Waals surface area contributed by atoms with Gasteiger partial charge in [0.2, 0.25) is 12.7 Å². The SMILES string of the molecule is COc1cccc(C2CN(C(=S)NC(C)C)CC2C(=O)NCc2ccc3c(c2)OCO3)c1. The summed E-state index contributed by atoms with van der Waals surface area (Å²) in [6.07, 6.45) is 0. The van der Waals surface area contributed by atoms with Crippen molar-refractivity contribution in [1.29, 1.82) is 0 Å². The number of hydrogen-bond acceptors (Lipinski definition) is 5. The number of fused-ring (bicyclic) bond motifs is 1. The molecule has 0 aromatic heterocycles. The second-order valence-electron chi connectivity index (χ2n) is 8.40. The van der Waals surface area contributed by atoms with Gasteiger partial charge in [-0.1, -0.05) is 18.2 Å². The van der Waals surface area contributed by atoms with Gasteiger partial charge in [0, 0.05) is 31.6 Å². The minimum atomic E-state index is -0.233. The lowest BCUT2D eigenvalue weighted by molar-refractivity contribution is -0.125. The van der Waals surface area contributed by atoms with Crippen molar-refractivity contribution in [2.24, 2.45) is 5.92 Å². The van der Waals surface area contributed by atoms with Crippen LogP contribution < -0.4 is 24.8 Å². The van der Waals surface area contributed by atoms with Gasteiger partial charge in [-0.2, -0.15) is 0 Å². The molecule has 2 aromatic carbocycles. The van der Waals surface area contributed by atoms with Gasteiger partial charge in [0.05, 0.1) is 13.0 Å². The van der Waals surface area contributed by atoms with E-state index in [1.54, 1.807) is 7.11 Å². The highest BCUT2D eigenvalue weighted by Crippen LogP contribution is 2.35. The number of rotatable bonds is 6. The third kappa shape index (κ3) is 4.91. The predicted octanol–water partition coefficient (Wildman–Crippen LogP) is 3.04. The fourth-order valence-corrected chi connectivity index (χ4v) is 4.54. The number of nitrogens with zero attached hydrogens (tertiary/aromatic N) is 1. The average molecular weight is 456 g/mol. The first-order valence-corrected chi connectivity index (χ1v) is 11.2. The molecule has 7 nitrogen and oxygen atoms in total. The van der Waals surface area contributed by atoms with Gasteiger partial charge in [-0.3, -0.25) is 4.79 Å². The summed E-state index contributed by atoms with van der Waals surface area (Å²) in [5.41, 5.74) is 2.04. The first kappa shape index (κ1) is 22.2. The standard InChI is InChI=1S/C24H29N3O4S/c1-15(2)26-24(32)27-12-19(17-5-4-6-18(10-17)29-3)20(13-27)23(28)25-11-16-7-8-21-22(9-16)31-14-30-21/h4-10,15,19-20H,11-14H2,1-3H3,(H,25,28)(H,26,32). The summed E-state index contributed by atoms with van der Waals surface area (Å²) in [6.45, 7) is 6.00. The molecule has 2 unspecified atom stereocenters. The first-order chi connectivity index (χ1) is 15.4. The molecule has 1 fully saturated rings. The Bertz CT molecular complexity index is 997. The summed E-state index contributed by atoms with van der Waals surface area (Å²) in [7, 11) is 1.65. The fourth-order valence-electron chi connectivity index (χ4n) is 4.15. The van der Waals surface area contributed by atoms with Crippen molar-refractivity contribution in [1.82, 2.24) is 15.5 Å². The highest BCUT2D eigenvalue weighted by Gasteiger charge is 2.39. The van der Waals surface area contributed by atoms with E-state index in [-0.39, 0.29) is 30.6 Å². The highest BCUT2D eigenvalue weighted by molar-refractivity contribution is 7.80. The van der Waals surface area contributed by atoms with Crippen molar-refractivity contribution in [3.63, 3.8) is 0 Å². The van der Waals surface area contributed by atoms with E-state index in [4.69, 9.17) is 26.4 Å². The molecule has 2 aliphatic rings. The monoisotopic (exact) mass is 455 g/mol. The molecule has 1 amide bonds. The van der Waals surface area contributed by atoms with Crippen LogP contribution in [-0.2, 0) is 11.3 Å². The van der Waals surface area contributed by atoms with E-state index in [0.29, 0.717) is 30.5 Å². The van der Waals surface area contributed by atoms with Crippen molar-refractivity contribution in [2.75, 3.05) is 27.0 Å². The lowest BCUT2D eigenvalue weighted by atomic mass is 9.88. The van der Waals surface area contributed by atoms with Crippen LogP contribution in [-0.4, -0.2) is 49.0 Å². The maximum atomic E-state index is 13.3. The molecule has 2 N–H and O–H groups in total. The van der Waals surface area contributed by atoms with Crippen molar-refractivity contribution in [2.45, 2.75) is 32.4 Å². The van der Waals surface area contributed by atoms with E-state index in [2.05, 4.69) is 29.4 Å². The third-order valence-corrected chi connectivity index (χ3v) is 6.16. The summed E-state index contributed by atoms with van der Waals surface area (Å²) in [4.78, 5) is 15.4. The normalized spacial score (nSPS) is 19.2. The molecule has 4 rings (SSSR count). The number of ether oxygens (including phenoxy) is 3. The number of nitrogens with one attached hydrogen (secondary N) is 2. The Kier molecular flexibility index (Phi) is 6.69. The Labute approximate surface area is 194 Å². The smallest absolute Gasteiger partial charge is 0.231 e. The van der Waals surface area contributed by atoms with E-state index in [0.717, 1.165) is 22.6 Å². The van der Waals surface area contributed by atoms with Crippen LogP contribution in [0.2, 0.25) is 0 Å². The number of carbonyl (C=O) groups excluding carboxylic acids is 1. The van der Waals surface area contributed by atoms with Gasteiger partial charge in [-0.05, 0) is 61.5 Å². The van der Waals surface area contributed by atoms with Crippen LogP contribution in [0.3, 0.4) is 0 Å². The van der Waals surface area contributed by atoms with Gasteiger partial charge in [-0.25, -0.2) is 0 Å². The van der Waals surface area contributed by atoms with Crippen LogP contribution in [0.4, 0.5) is 0 Å². The Morgan fingerprint density at radius 2 is 2.00 bits per heavy atom. The molecule has 2 aromatic rings. The van der Waals surface area contributed by atoms with Crippen molar-refractivity contribution in [3.05, 3.63) is 53.6 Å². The maximum absolute atomic E-state index is 13.3. The van der Waals surface area contributed by atoms with E-state index in [1.165, 1.54) is 0 Å². The van der Waals surface area contributed by atoms with E-state index >= 15 is 0 Å². The van der Waals surface area contributed by atoms with Crippen LogP contribution in [0, 0.1) is 5.92 Å². The van der Waals surface area contributed by atoms with Gasteiger partial charge in [0.1, 0.15) is 5.75 Å². The molecule has 0 radical (unpaired) electrons. The lowest BCUT2D eigenvalue weighted by Gasteiger charge is -2.22. The largest absolute Gasteiger partial charge is 0.497 e. The topological polar surface area (TPSA) is 72.1 Å². The second kappa shape index (κ2) is 9.65.